The lowest BCUT2D eigenvalue weighted by Crippen LogP contribution is -2.03. The van der Waals surface area contributed by atoms with Crippen molar-refractivity contribution in [3.63, 3.8) is 0 Å². The first-order chi connectivity index (χ1) is 11.3. The van der Waals surface area contributed by atoms with Crippen LogP contribution in [0.15, 0.2) is 24.3 Å². The summed E-state index contributed by atoms with van der Waals surface area (Å²) >= 11 is 0. The van der Waals surface area contributed by atoms with Crippen molar-refractivity contribution in [1.29, 1.82) is 0 Å². The number of unbranched alkanes of at least 4 members (excludes halogenated alkanes) is 5. The lowest BCUT2D eigenvalue weighted by Gasteiger charge is -2.14. The van der Waals surface area contributed by atoms with Gasteiger partial charge in [0, 0.05) is 6.42 Å². The number of methoxy groups -OCH3 is 1. The molecule has 0 spiro atoms. The zero-order valence-corrected chi connectivity index (χ0v) is 15.3. The first kappa shape index (κ1) is 20.0. The highest BCUT2D eigenvalue weighted by Crippen LogP contribution is 2.35. The molecule has 0 radical (unpaired) electrons. The molecule has 1 saturated carbocycles. The minimum atomic E-state index is -0.0988. The van der Waals surface area contributed by atoms with Gasteiger partial charge in [0.1, 0.15) is 0 Å². The van der Waals surface area contributed by atoms with Crippen LogP contribution in [0.2, 0.25) is 0 Å². The number of hydrogen-bond donors (Lipinski definition) is 0. The molecule has 0 N–H and O–H groups in total. The highest BCUT2D eigenvalue weighted by atomic mass is 16.5. The molecule has 0 bridgehead atoms. The first-order valence-corrected chi connectivity index (χ1v) is 9.66. The van der Waals surface area contributed by atoms with Gasteiger partial charge >= 0.3 is 5.97 Å². The second-order valence-corrected chi connectivity index (χ2v) is 6.81. The average Bonchev–Trinajstić information content (AvgIpc) is 3.01. The Morgan fingerprint density at radius 3 is 2.65 bits per heavy atom. The lowest BCUT2D eigenvalue weighted by molar-refractivity contribution is -0.140. The zero-order valence-electron chi connectivity index (χ0n) is 15.3. The van der Waals surface area contributed by atoms with Crippen LogP contribution in [0.3, 0.4) is 0 Å². The lowest BCUT2D eigenvalue weighted by atomic mass is 9.92. The van der Waals surface area contributed by atoms with Gasteiger partial charge in [0.2, 0.25) is 0 Å². The van der Waals surface area contributed by atoms with Gasteiger partial charge in [-0.05, 0) is 56.8 Å². The first-order valence-electron chi connectivity index (χ1n) is 9.66. The van der Waals surface area contributed by atoms with E-state index in [1.165, 1.54) is 64.9 Å². The Labute approximate surface area is 143 Å². The summed E-state index contributed by atoms with van der Waals surface area (Å²) in [6, 6.07) is 0. The number of ether oxygens (including phenoxy) is 1. The van der Waals surface area contributed by atoms with Gasteiger partial charge in [-0.15, -0.1) is 0 Å². The fraction of sp³-hybridized carbons (Fsp3) is 0.762. The maximum absolute atomic E-state index is 11.0. The standard InChI is InChI=1S/C21H36O2/c1-3-4-5-6-7-10-14-19-16-13-17-20(19)15-11-8-9-12-18-21(22)23-2/h8,10-11,14,19-20H,3-7,9,12-13,15-18H2,1-2H3/t19-,20-/m0/s1. The molecule has 2 heteroatoms. The van der Waals surface area contributed by atoms with Gasteiger partial charge in [-0.3, -0.25) is 4.79 Å². The Hall–Kier alpha value is -1.05. The fourth-order valence-corrected chi connectivity index (χ4v) is 3.43. The predicted octanol–water partition coefficient (Wildman–Crippen LogP) is 6.22. The molecule has 2 nitrogen and oxygen atoms in total. The van der Waals surface area contributed by atoms with Crippen LogP contribution in [0.5, 0.6) is 0 Å². The van der Waals surface area contributed by atoms with Crippen LogP contribution in [0, 0.1) is 11.8 Å². The van der Waals surface area contributed by atoms with Crippen molar-refractivity contribution in [3.05, 3.63) is 24.3 Å². The molecule has 0 aliphatic heterocycles. The molecule has 1 rings (SSSR count). The molecule has 0 aromatic rings. The molecule has 23 heavy (non-hydrogen) atoms. The van der Waals surface area contributed by atoms with E-state index in [-0.39, 0.29) is 5.97 Å². The summed E-state index contributed by atoms with van der Waals surface area (Å²) in [5.74, 6) is 1.53. The van der Waals surface area contributed by atoms with Crippen molar-refractivity contribution in [3.8, 4) is 0 Å². The Balaban J connectivity index is 2.14. The number of hydrogen-bond acceptors (Lipinski definition) is 2. The molecular formula is C21H36O2. The maximum atomic E-state index is 11.0. The summed E-state index contributed by atoms with van der Waals surface area (Å²) in [4.78, 5) is 11.0. The molecule has 0 amide bonds. The van der Waals surface area contributed by atoms with E-state index in [9.17, 15) is 4.79 Å². The highest BCUT2D eigenvalue weighted by molar-refractivity contribution is 5.68. The van der Waals surface area contributed by atoms with Crippen molar-refractivity contribution in [2.75, 3.05) is 7.11 Å². The average molecular weight is 321 g/mol. The van der Waals surface area contributed by atoms with E-state index in [0.717, 1.165) is 24.7 Å². The van der Waals surface area contributed by atoms with Crippen molar-refractivity contribution < 1.29 is 9.53 Å². The minimum absolute atomic E-state index is 0.0988. The third-order valence-electron chi connectivity index (χ3n) is 4.91. The van der Waals surface area contributed by atoms with Crippen molar-refractivity contribution in [2.45, 2.75) is 84.0 Å². The molecule has 1 fully saturated rings. The largest absolute Gasteiger partial charge is 0.469 e. The molecule has 2 atom stereocenters. The quantitative estimate of drug-likeness (QED) is 0.242. The molecule has 1 aliphatic rings. The van der Waals surface area contributed by atoms with Crippen LogP contribution in [-0.2, 0) is 9.53 Å². The number of carbonyl (C=O) groups excluding carboxylic acids is 1. The summed E-state index contributed by atoms with van der Waals surface area (Å²) in [6.07, 6.45) is 23.9. The van der Waals surface area contributed by atoms with Crippen LogP contribution in [-0.4, -0.2) is 13.1 Å². The number of esters is 1. The zero-order chi connectivity index (χ0) is 16.8. The second-order valence-electron chi connectivity index (χ2n) is 6.81. The van der Waals surface area contributed by atoms with Crippen LogP contribution >= 0.6 is 0 Å². The van der Waals surface area contributed by atoms with Gasteiger partial charge in [0.25, 0.3) is 0 Å². The van der Waals surface area contributed by atoms with Gasteiger partial charge in [-0.2, -0.15) is 0 Å². The maximum Gasteiger partial charge on any atom is 0.305 e. The van der Waals surface area contributed by atoms with E-state index in [1.54, 1.807) is 0 Å². The van der Waals surface area contributed by atoms with E-state index < -0.39 is 0 Å². The Kier molecular flexibility index (Phi) is 11.6. The van der Waals surface area contributed by atoms with E-state index in [2.05, 4.69) is 36.0 Å². The van der Waals surface area contributed by atoms with Crippen LogP contribution in [0.4, 0.5) is 0 Å². The highest BCUT2D eigenvalue weighted by Gasteiger charge is 2.23. The number of carbonyl (C=O) groups is 1. The summed E-state index contributed by atoms with van der Waals surface area (Å²) < 4.78 is 4.65. The van der Waals surface area contributed by atoms with Crippen LogP contribution < -0.4 is 0 Å². The Morgan fingerprint density at radius 1 is 1.04 bits per heavy atom. The summed E-state index contributed by atoms with van der Waals surface area (Å²) in [6.45, 7) is 2.27. The van der Waals surface area contributed by atoms with Crippen molar-refractivity contribution >= 4 is 5.97 Å². The predicted molar refractivity (Wildman–Crippen MR) is 98.4 cm³/mol. The normalized spacial score (nSPS) is 21.5. The molecule has 1 aliphatic carbocycles. The minimum Gasteiger partial charge on any atom is -0.469 e. The Morgan fingerprint density at radius 2 is 1.87 bits per heavy atom. The molecule has 0 heterocycles. The second kappa shape index (κ2) is 13.4. The third kappa shape index (κ3) is 9.63. The SMILES string of the molecule is CCCCCCC=C[C@H]1CCC[C@@H]1CC=CCCCC(=O)OC. The fourth-order valence-electron chi connectivity index (χ4n) is 3.43. The van der Waals surface area contributed by atoms with Gasteiger partial charge in [-0.25, -0.2) is 0 Å². The van der Waals surface area contributed by atoms with Gasteiger partial charge in [0.05, 0.1) is 7.11 Å². The summed E-state index contributed by atoms with van der Waals surface area (Å²) in [5, 5.41) is 0. The van der Waals surface area contributed by atoms with Gasteiger partial charge in [-0.1, -0.05) is 56.9 Å². The van der Waals surface area contributed by atoms with Crippen LogP contribution in [0.1, 0.15) is 84.0 Å². The van der Waals surface area contributed by atoms with Crippen LogP contribution in [0.25, 0.3) is 0 Å². The van der Waals surface area contributed by atoms with Crippen molar-refractivity contribution in [1.82, 2.24) is 0 Å². The smallest absolute Gasteiger partial charge is 0.305 e. The van der Waals surface area contributed by atoms with E-state index >= 15 is 0 Å². The Bertz CT molecular complexity index is 357. The molecule has 0 aromatic heterocycles. The van der Waals surface area contributed by atoms with E-state index in [0.29, 0.717) is 6.42 Å². The topological polar surface area (TPSA) is 26.3 Å². The van der Waals surface area contributed by atoms with Gasteiger partial charge in [0.15, 0.2) is 0 Å². The monoisotopic (exact) mass is 320 g/mol. The van der Waals surface area contributed by atoms with E-state index in [1.807, 2.05) is 0 Å². The van der Waals surface area contributed by atoms with Gasteiger partial charge < -0.3 is 4.74 Å². The summed E-state index contributed by atoms with van der Waals surface area (Å²) in [7, 11) is 1.45. The van der Waals surface area contributed by atoms with E-state index in [4.69, 9.17) is 0 Å². The number of allylic oxidation sites excluding steroid dienone is 4. The molecule has 0 saturated heterocycles. The molecule has 0 unspecified atom stereocenters. The molecule has 0 aromatic carbocycles. The third-order valence-corrected chi connectivity index (χ3v) is 4.91. The molecule has 132 valence electrons. The summed E-state index contributed by atoms with van der Waals surface area (Å²) in [5.41, 5.74) is 0. The number of rotatable bonds is 12. The van der Waals surface area contributed by atoms with Crippen molar-refractivity contribution in [2.24, 2.45) is 11.8 Å². The molecular weight excluding hydrogens is 284 g/mol.